The Hall–Kier alpha value is -3.48. The van der Waals surface area contributed by atoms with Crippen LogP contribution in [-0.2, 0) is 0 Å². The average Bonchev–Trinajstić information content (AvgIpc) is 2.64. The minimum absolute atomic E-state index is 0.124. The number of ether oxygens (including phenoxy) is 1. The van der Waals surface area contributed by atoms with Crippen LogP contribution in [0.1, 0.15) is 16.1 Å². The van der Waals surface area contributed by atoms with Crippen LogP contribution in [0.5, 0.6) is 5.75 Å². The van der Waals surface area contributed by atoms with Gasteiger partial charge in [-0.05, 0) is 42.8 Å². The molecule has 7 heteroatoms. The molecule has 0 saturated carbocycles. The number of hydrogen-bond acceptors (Lipinski definition) is 5. The summed E-state index contributed by atoms with van der Waals surface area (Å²) >= 11 is 0. The first kappa shape index (κ1) is 17.3. The van der Waals surface area contributed by atoms with E-state index in [1.165, 1.54) is 25.4 Å². The maximum absolute atomic E-state index is 13.7. The third-order valence-electron chi connectivity index (χ3n) is 3.61. The predicted molar refractivity (Wildman–Crippen MR) is 97.4 cm³/mol. The average molecular weight is 352 g/mol. The van der Waals surface area contributed by atoms with Gasteiger partial charge in [0.15, 0.2) is 0 Å². The normalized spacial score (nSPS) is 10.3. The molecule has 1 heterocycles. The number of carbonyl (C=O) groups excluding carboxylic acids is 1. The van der Waals surface area contributed by atoms with Crippen molar-refractivity contribution >= 4 is 23.2 Å². The number of nitrogens with one attached hydrogen (secondary N) is 2. The van der Waals surface area contributed by atoms with Gasteiger partial charge in [0.1, 0.15) is 17.3 Å². The van der Waals surface area contributed by atoms with E-state index in [9.17, 15) is 9.18 Å². The third kappa shape index (κ3) is 3.94. The van der Waals surface area contributed by atoms with Crippen LogP contribution in [0.15, 0.2) is 54.7 Å². The monoisotopic (exact) mass is 352 g/mol. The minimum atomic E-state index is -0.435. The Balaban J connectivity index is 1.81. The van der Waals surface area contributed by atoms with Crippen LogP contribution in [0.3, 0.4) is 0 Å². The number of hydrogen-bond donors (Lipinski definition) is 2. The van der Waals surface area contributed by atoms with E-state index < -0.39 is 11.7 Å². The second-order valence-corrected chi connectivity index (χ2v) is 5.53. The van der Waals surface area contributed by atoms with E-state index in [0.717, 1.165) is 5.56 Å². The van der Waals surface area contributed by atoms with Crippen molar-refractivity contribution in [3.8, 4) is 5.75 Å². The summed E-state index contributed by atoms with van der Waals surface area (Å²) in [6.07, 6.45) is 1.43. The highest BCUT2D eigenvalue weighted by molar-refractivity contribution is 6.03. The highest BCUT2D eigenvalue weighted by Crippen LogP contribution is 2.25. The number of carbonyl (C=O) groups is 1. The number of methoxy groups -OCH3 is 1. The lowest BCUT2D eigenvalue weighted by Crippen LogP contribution is -2.15. The van der Waals surface area contributed by atoms with Crippen molar-refractivity contribution in [2.24, 2.45) is 0 Å². The molecule has 0 aliphatic heterocycles. The van der Waals surface area contributed by atoms with Crippen molar-refractivity contribution in [1.82, 2.24) is 9.97 Å². The summed E-state index contributed by atoms with van der Waals surface area (Å²) in [5.41, 5.74) is 1.89. The summed E-state index contributed by atoms with van der Waals surface area (Å²) in [6.45, 7) is 1.91. The zero-order chi connectivity index (χ0) is 18.5. The number of para-hydroxylation sites is 1. The molecule has 3 aromatic rings. The molecule has 0 spiro atoms. The Morgan fingerprint density at radius 2 is 1.92 bits per heavy atom. The van der Waals surface area contributed by atoms with Crippen molar-refractivity contribution in [1.29, 1.82) is 0 Å². The van der Waals surface area contributed by atoms with E-state index in [1.54, 1.807) is 30.3 Å². The number of rotatable bonds is 5. The van der Waals surface area contributed by atoms with E-state index >= 15 is 0 Å². The van der Waals surface area contributed by atoms with Gasteiger partial charge in [0.25, 0.3) is 5.91 Å². The molecule has 132 valence electrons. The molecule has 0 bridgehead atoms. The van der Waals surface area contributed by atoms with Gasteiger partial charge < -0.3 is 15.4 Å². The molecule has 0 fully saturated rings. The van der Waals surface area contributed by atoms with Crippen LogP contribution in [0.2, 0.25) is 0 Å². The molecular weight excluding hydrogens is 335 g/mol. The van der Waals surface area contributed by atoms with Crippen molar-refractivity contribution in [2.75, 3.05) is 17.7 Å². The Morgan fingerprint density at radius 3 is 2.69 bits per heavy atom. The Kier molecular flexibility index (Phi) is 5.07. The smallest absolute Gasteiger partial charge is 0.274 e. The van der Waals surface area contributed by atoms with Gasteiger partial charge in [-0.1, -0.05) is 18.2 Å². The molecular formula is C19H17FN4O2. The molecule has 2 aromatic carbocycles. The molecule has 0 unspecified atom stereocenters. The first-order valence-electron chi connectivity index (χ1n) is 7.87. The fourth-order valence-corrected chi connectivity index (χ4v) is 2.33. The molecule has 0 aliphatic carbocycles. The number of anilines is 3. The molecule has 0 saturated heterocycles. The SMILES string of the molecule is COc1ccc(C)cc1NC(=O)c1ccnc(Nc2ccccc2F)n1. The number of aryl methyl sites for hydroxylation is 1. The third-order valence-corrected chi connectivity index (χ3v) is 3.61. The lowest BCUT2D eigenvalue weighted by molar-refractivity contribution is 0.102. The Bertz CT molecular complexity index is 946. The van der Waals surface area contributed by atoms with E-state index in [0.29, 0.717) is 11.4 Å². The lowest BCUT2D eigenvalue weighted by atomic mass is 10.2. The highest BCUT2D eigenvalue weighted by atomic mass is 19.1. The summed E-state index contributed by atoms with van der Waals surface area (Å²) in [5, 5.41) is 5.53. The molecule has 3 rings (SSSR count). The molecule has 6 nitrogen and oxygen atoms in total. The zero-order valence-electron chi connectivity index (χ0n) is 14.3. The predicted octanol–water partition coefficient (Wildman–Crippen LogP) is 3.93. The molecule has 2 N–H and O–H groups in total. The van der Waals surface area contributed by atoms with Crippen LogP contribution >= 0.6 is 0 Å². The Labute approximate surface area is 150 Å². The standard InChI is InChI=1S/C19H17FN4O2/c1-12-7-8-17(26-2)16(11-12)22-18(25)15-9-10-21-19(24-15)23-14-6-4-3-5-13(14)20/h3-11H,1-2H3,(H,22,25)(H,21,23,24). The quantitative estimate of drug-likeness (QED) is 0.728. The van der Waals surface area contributed by atoms with Crippen molar-refractivity contribution < 1.29 is 13.9 Å². The molecule has 0 radical (unpaired) electrons. The van der Waals surface area contributed by atoms with Crippen LogP contribution in [0, 0.1) is 12.7 Å². The van der Waals surface area contributed by atoms with Gasteiger partial charge in [-0.3, -0.25) is 4.79 Å². The second kappa shape index (κ2) is 7.60. The van der Waals surface area contributed by atoms with Crippen LogP contribution in [0.4, 0.5) is 21.7 Å². The van der Waals surface area contributed by atoms with Gasteiger partial charge >= 0.3 is 0 Å². The van der Waals surface area contributed by atoms with E-state index in [1.807, 2.05) is 13.0 Å². The lowest BCUT2D eigenvalue weighted by Gasteiger charge is -2.11. The highest BCUT2D eigenvalue weighted by Gasteiger charge is 2.13. The largest absolute Gasteiger partial charge is 0.495 e. The molecule has 0 atom stereocenters. The van der Waals surface area contributed by atoms with E-state index in [2.05, 4.69) is 20.6 Å². The number of aromatic nitrogens is 2. The Morgan fingerprint density at radius 1 is 1.12 bits per heavy atom. The van der Waals surface area contributed by atoms with Crippen LogP contribution < -0.4 is 15.4 Å². The number of nitrogens with zero attached hydrogens (tertiary/aromatic N) is 2. The van der Waals surface area contributed by atoms with E-state index in [-0.39, 0.29) is 17.3 Å². The van der Waals surface area contributed by atoms with Gasteiger partial charge in [0.05, 0.1) is 18.5 Å². The summed E-state index contributed by atoms with van der Waals surface area (Å²) in [4.78, 5) is 20.7. The number of halogens is 1. The molecule has 0 aliphatic rings. The fourth-order valence-electron chi connectivity index (χ4n) is 2.33. The zero-order valence-corrected chi connectivity index (χ0v) is 14.3. The summed E-state index contributed by atoms with van der Waals surface area (Å²) in [7, 11) is 1.53. The van der Waals surface area contributed by atoms with Gasteiger partial charge in [-0.2, -0.15) is 0 Å². The first-order valence-corrected chi connectivity index (χ1v) is 7.87. The molecule has 1 aromatic heterocycles. The van der Waals surface area contributed by atoms with Crippen molar-refractivity contribution in [3.63, 3.8) is 0 Å². The number of benzene rings is 2. The fraction of sp³-hybridized carbons (Fsp3) is 0.105. The van der Waals surface area contributed by atoms with Crippen LogP contribution in [-0.4, -0.2) is 23.0 Å². The topological polar surface area (TPSA) is 76.1 Å². The maximum atomic E-state index is 13.7. The summed E-state index contributed by atoms with van der Waals surface area (Å²) in [6, 6.07) is 13.1. The van der Waals surface area contributed by atoms with Gasteiger partial charge in [0.2, 0.25) is 5.95 Å². The molecule has 1 amide bonds. The molecule has 26 heavy (non-hydrogen) atoms. The van der Waals surface area contributed by atoms with Crippen molar-refractivity contribution in [3.05, 3.63) is 71.8 Å². The first-order chi connectivity index (χ1) is 12.6. The minimum Gasteiger partial charge on any atom is -0.495 e. The van der Waals surface area contributed by atoms with Gasteiger partial charge in [0, 0.05) is 6.20 Å². The van der Waals surface area contributed by atoms with E-state index in [4.69, 9.17) is 4.74 Å². The van der Waals surface area contributed by atoms with Gasteiger partial charge in [-0.25, -0.2) is 14.4 Å². The number of amides is 1. The van der Waals surface area contributed by atoms with Gasteiger partial charge in [-0.15, -0.1) is 0 Å². The summed E-state index contributed by atoms with van der Waals surface area (Å²) in [5.74, 6) is -0.190. The summed E-state index contributed by atoms with van der Waals surface area (Å²) < 4.78 is 19.0. The maximum Gasteiger partial charge on any atom is 0.274 e. The van der Waals surface area contributed by atoms with Crippen LogP contribution in [0.25, 0.3) is 0 Å². The van der Waals surface area contributed by atoms with Crippen molar-refractivity contribution in [2.45, 2.75) is 6.92 Å². The second-order valence-electron chi connectivity index (χ2n) is 5.53.